The number of rotatable bonds is 4. The van der Waals surface area contributed by atoms with Crippen molar-refractivity contribution in [1.82, 2.24) is 4.98 Å². The van der Waals surface area contributed by atoms with Gasteiger partial charge in [0.1, 0.15) is 0 Å². The van der Waals surface area contributed by atoms with E-state index < -0.39 is 23.5 Å². The van der Waals surface area contributed by atoms with Crippen LogP contribution >= 0.6 is 0 Å². The molecule has 0 unspecified atom stereocenters. The zero-order valence-electron chi connectivity index (χ0n) is 9.13. The fourth-order valence-corrected chi connectivity index (χ4v) is 1.30. The topological polar surface area (TPSA) is 85.2 Å². The first-order valence-corrected chi connectivity index (χ1v) is 4.92. The van der Waals surface area contributed by atoms with E-state index in [0.717, 1.165) is 6.07 Å². The number of carbonyl (C=O) groups is 1. The van der Waals surface area contributed by atoms with E-state index in [2.05, 4.69) is 9.72 Å². The van der Waals surface area contributed by atoms with Crippen molar-refractivity contribution in [1.29, 1.82) is 0 Å². The lowest BCUT2D eigenvalue weighted by molar-refractivity contribution is 0.0524. The normalized spacial score (nSPS) is 10.6. The van der Waals surface area contributed by atoms with E-state index in [1.165, 1.54) is 0 Å². The minimum Gasteiger partial charge on any atom is -0.462 e. The fourth-order valence-electron chi connectivity index (χ4n) is 1.30. The van der Waals surface area contributed by atoms with E-state index in [1.54, 1.807) is 6.92 Å². The molecule has 3 N–H and O–H groups in total. The largest absolute Gasteiger partial charge is 0.462 e. The Balaban J connectivity index is 3.31. The number of nitrogens with one attached hydrogen (secondary N) is 1. The summed E-state index contributed by atoms with van der Waals surface area (Å²) >= 11 is 0. The van der Waals surface area contributed by atoms with Crippen molar-refractivity contribution in [2.75, 3.05) is 6.61 Å². The molecule has 0 saturated heterocycles. The Kier molecular flexibility index (Phi) is 4.33. The zero-order valence-corrected chi connectivity index (χ0v) is 9.13. The van der Waals surface area contributed by atoms with Crippen molar-refractivity contribution in [3.8, 4) is 0 Å². The van der Waals surface area contributed by atoms with Gasteiger partial charge in [0.25, 0.3) is 12.0 Å². The Morgan fingerprint density at radius 1 is 1.59 bits per heavy atom. The van der Waals surface area contributed by atoms with Crippen LogP contribution < -0.4 is 11.3 Å². The molecule has 0 atom stereocenters. The van der Waals surface area contributed by atoms with Crippen molar-refractivity contribution in [2.45, 2.75) is 19.9 Å². The highest BCUT2D eigenvalue weighted by atomic mass is 19.3. The molecule has 1 aromatic heterocycles. The first-order valence-electron chi connectivity index (χ1n) is 4.92. The average molecular weight is 246 g/mol. The quantitative estimate of drug-likeness (QED) is 0.774. The first-order chi connectivity index (χ1) is 8.01. The van der Waals surface area contributed by atoms with Crippen molar-refractivity contribution in [3.05, 3.63) is 33.2 Å². The van der Waals surface area contributed by atoms with Crippen LogP contribution in [0.2, 0.25) is 0 Å². The molecule has 0 fully saturated rings. The molecule has 0 radical (unpaired) electrons. The van der Waals surface area contributed by atoms with Crippen molar-refractivity contribution < 1.29 is 18.3 Å². The van der Waals surface area contributed by atoms with Gasteiger partial charge in [-0.15, -0.1) is 0 Å². The highest BCUT2D eigenvalue weighted by Gasteiger charge is 2.19. The van der Waals surface area contributed by atoms with Crippen LogP contribution in [0.4, 0.5) is 8.78 Å². The number of H-pyrrole nitrogens is 1. The van der Waals surface area contributed by atoms with E-state index in [0.29, 0.717) is 0 Å². The molecule has 0 spiro atoms. The SMILES string of the molecule is CCOC(=O)c1cc(C(F)F)c(=O)[nH]c1CN. The fraction of sp³-hybridized carbons (Fsp3) is 0.400. The minimum absolute atomic E-state index is 0.0813. The third-order valence-corrected chi connectivity index (χ3v) is 2.09. The second-order valence-corrected chi connectivity index (χ2v) is 3.17. The molecule has 0 saturated carbocycles. The summed E-state index contributed by atoms with van der Waals surface area (Å²) in [4.78, 5) is 24.8. The highest BCUT2D eigenvalue weighted by Crippen LogP contribution is 2.17. The maximum Gasteiger partial charge on any atom is 0.339 e. The van der Waals surface area contributed by atoms with Gasteiger partial charge in [-0.25, -0.2) is 13.6 Å². The molecule has 0 aromatic carbocycles. The Hall–Kier alpha value is -1.76. The van der Waals surface area contributed by atoms with Crippen LogP contribution in [0, 0.1) is 0 Å². The number of nitrogens with two attached hydrogens (primary N) is 1. The predicted octanol–water partition coefficient (Wildman–Crippen LogP) is 0.948. The summed E-state index contributed by atoms with van der Waals surface area (Å²) < 4.78 is 29.7. The molecule has 0 aliphatic rings. The molecule has 0 aliphatic heterocycles. The molecular weight excluding hydrogens is 234 g/mol. The average Bonchev–Trinajstić information content (AvgIpc) is 2.28. The molecular formula is C10H12F2N2O3. The highest BCUT2D eigenvalue weighted by molar-refractivity contribution is 5.90. The van der Waals surface area contributed by atoms with Gasteiger partial charge in [0, 0.05) is 12.2 Å². The Morgan fingerprint density at radius 3 is 2.71 bits per heavy atom. The summed E-state index contributed by atoms with van der Waals surface area (Å²) in [6.45, 7) is 1.54. The standard InChI is InChI=1S/C10H12F2N2O3/c1-2-17-10(16)5-3-6(8(11)12)9(15)14-7(5)4-13/h3,8H,2,4,13H2,1H3,(H,14,15). The summed E-state index contributed by atoms with van der Waals surface area (Å²) in [5.74, 6) is -0.786. The number of ether oxygens (including phenoxy) is 1. The second kappa shape index (κ2) is 5.53. The summed E-state index contributed by atoms with van der Waals surface area (Å²) in [7, 11) is 0. The molecule has 5 nitrogen and oxygen atoms in total. The van der Waals surface area contributed by atoms with Crippen LogP contribution in [0.1, 0.15) is 35.0 Å². The van der Waals surface area contributed by atoms with E-state index in [4.69, 9.17) is 5.73 Å². The second-order valence-electron chi connectivity index (χ2n) is 3.17. The third-order valence-electron chi connectivity index (χ3n) is 2.09. The number of hydrogen-bond acceptors (Lipinski definition) is 4. The van der Waals surface area contributed by atoms with Crippen LogP contribution in [0.3, 0.4) is 0 Å². The summed E-state index contributed by atoms with van der Waals surface area (Å²) in [5.41, 5.74) is 3.54. The number of esters is 1. The number of alkyl halides is 2. The molecule has 17 heavy (non-hydrogen) atoms. The predicted molar refractivity (Wildman–Crippen MR) is 55.9 cm³/mol. The Bertz CT molecular complexity index is 471. The Labute approximate surface area is 95.6 Å². The number of aromatic amines is 1. The van der Waals surface area contributed by atoms with Crippen LogP contribution in [-0.2, 0) is 11.3 Å². The summed E-state index contributed by atoms with van der Waals surface area (Å²) in [6.07, 6.45) is -2.96. The number of hydrogen-bond donors (Lipinski definition) is 2. The number of pyridine rings is 1. The number of aromatic nitrogens is 1. The smallest absolute Gasteiger partial charge is 0.339 e. The van der Waals surface area contributed by atoms with Crippen molar-refractivity contribution >= 4 is 5.97 Å². The molecule has 0 amide bonds. The van der Waals surface area contributed by atoms with Gasteiger partial charge in [-0.3, -0.25) is 4.79 Å². The lowest BCUT2D eigenvalue weighted by atomic mass is 10.1. The maximum absolute atomic E-state index is 12.5. The summed E-state index contributed by atoms with van der Waals surface area (Å²) in [5, 5.41) is 0. The zero-order chi connectivity index (χ0) is 13.0. The van der Waals surface area contributed by atoms with Crippen molar-refractivity contribution in [3.63, 3.8) is 0 Å². The van der Waals surface area contributed by atoms with Gasteiger partial charge < -0.3 is 15.5 Å². The van der Waals surface area contributed by atoms with E-state index in [9.17, 15) is 18.4 Å². The molecule has 1 heterocycles. The maximum atomic E-state index is 12.5. The van der Waals surface area contributed by atoms with Gasteiger partial charge in [0.15, 0.2) is 0 Å². The van der Waals surface area contributed by atoms with Gasteiger partial charge >= 0.3 is 5.97 Å². The molecule has 94 valence electrons. The van der Waals surface area contributed by atoms with E-state index >= 15 is 0 Å². The molecule has 1 rings (SSSR count). The van der Waals surface area contributed by atoms with Gasteiger partial charge in [-0.1, -0.05) is 0 Å². The third kappa shape index (κ3) is 2.88. The van der Waals surface area contributed by atoms with Gasteiger partial charge in [0.2, 0.25) is 0 Å². The molecule has 1 aromatic rings. The van der Waals surface area contributed by atoms with Gasteiger partial charge in [0.05, 0.1) is 17.7 Å². The lowest BCUT2D eigenvalue weighted by Gasteiger charge is -2.08. The van der Waals surface area contributed by atoms with Crippen LogP contribution in [0.15, 0.2) is 10.9 Å². The van der Waals surface area contributed by atoms with Gasteiger partial charge in [-0.2, -0.15) is 0 Å². The van der Waals surface area contributed by atoms with Crippen molar-refractivity contribution in [2.24, 2.45) is 5.73 Å². The molecule has 0 aliphatic carbocycles. The molecule has 0 bridgehead atoms. The monoisotopic (exact) mass is 246 g/mol. The first kappa shape index (κ1) is 13.3. The minimum atomic E-state index is -2.96. The number of carbonyl (C=O) groups excluding carboxylic acids is 1. The van der Waals surface area contributed by atoms with Crippen LogP contribution in [0.5, 0.6) is 0 Å². The van der Waals surface area contributed by atoms with Crippen LogP contribution in [0.25, 0.3) is 0 Å². The molecule has 7 heteroatoms. The van der Waals surface area contributed by atoms with E-state index in [1.807, 2.05) is 0 Å². The lowest BCUT2D eigenvalue weighted by Crippen LogP contribution is -2.22. The van der Waals surface area contributed by atoms with Gasteiger partial charge in [-0.05, 0) is 13.0 Å². The summed E-state index contributed by atoms with van der Waals surface area (Å²) in [6, 6.07) is 0.823. The van der Waals surface area contributed by atoms with E-state index in [-0.39, 0.29) is 24.4 Å². The number of halogens is 2. The Morgan fingerprint density at radius 2 is 2.24 bits per heavy atom. The van der Waals surface area contributed by atoms with Crippen LogP contribution in [-0.4, -0.2) is 17.6 Å².